The maximum absolute atomic E-state index is 12.5. The van der Waals surface area contributed by atoms with Crippen molar-refractivity contribution in [2.75, 3.05) is 13.2 Å². The molecule has 2 aliphatic rings. The number of ether oxygens (including phenoxy) is 2. The Bertz CT molecular complexity index is 1120. The number of nitrogens with one attached hydrogen (secondary N) is 1. The topological polar surface area (TPSA) is 148 Å². The first-order chi connectivity index (χ1) is 16.9. The Labute approximate surface area is 203 Å². The Morgan fingerprint density at radius 1 is 1.09 bits per heavy atom. The standard InChI is InChI=1S/C26H30N2O7/c27-11-3-6-22(29)28-20-13-15-4-1-2-5-18(15)19(20)12-16-7-9-21-25(24(16)26(32)33)34-14-17(35-21)8-10-23(30)31/h1-2,4-5,7,9,17,19-20H,3,6,8,10-14,27H2,(H,28,29)(H,30,31)(H,32,33)/t17-,19+,20-/m0/s1. The minimum atomic E-state index is -1.13. The third-order valence-corrected chi connectivity index (χ3v) is 6.58. The van der Waals surface area contributed by atoms with Gasteiger partial charge < -0.3 is 30.7 Å². The molecule has 1 aliphatic carbocycles. The molecule has 9 heteroatoms. The second-order valence-electron chi connectivity index (χ2n) is 9.00. The van der Waals surface area contributed by atoms with Gasteiger partial charge in [0.25, 0.3) is 0 Å². The van der Waals surface area contributed by atoms with Crippen LogP contribution in [0.25, 0.3) is 0 Å². The highest BCUT2D eigenvalue weighted by atomic mass is 16.6. The van der Waals surface area contributed by atoms with E-state index in [-0.39, 0.29) is 48.6 Å². The van der Waals surface area contributed by atoms with Crippen molar-refractivity contribution in [3.05, 3.63) is 58.7 Å². The highest BCUT2D eigenvalue weighted by Crippen LogP contribution is 2.42. The van der Waals surface area contributed by atoms with Gasteiger partial charge in [0.15, 0.2) is 11.5 Å². The van der Waals surface area contributed by atoms with Crippen molar-refractivity contribution in [3.8, 4) is 11.5 Å². The Morgan fingerprint density at radius 3 is 2.63 bits per heavy atom. The molecule has 0 unspecified atom stereocenters. The lowest BCUT2D eigenvalue weighted by Gasteiger charge is -2.29. The molecule has 2 aromatic rings. The van der Waals surface area contributed by atoms with E-state index in [4.69, 9.17) is 20.3 Å². The molecule has 0 spiro atoms. The summed E-state index contributed by atoms with van der Waals surface area (Å²) in [6.07, 6.45) is 1.78. The number of hydrogen-bond donors (Lipinski definition) is 4. The summed E-state index contributed by atoms with van der Waals surface area (Å²) in [5, 5.41) is 22.1. The molecule has 0 saturated carbocycles. The molecule has 0 fully saturated rings. The number of amides is 1. The largest absolute Gasteiger partial charge is 0.485 e. The van der Waals surface area contributed by atoms with Gasteiger partial charge in [0.05, 0.1) is 0 Å². The number of carbonyl (C=O) groups is 3. The van der Waals surface area contributed by atoms with Crippen molar-refractivity contribution >= 4 is 17.8 Å². The SMILES string of the molecule is NCCCC(=O)N[C@H]1Cc2ccccc2[C@H]1Cc1ccc2c(c1C(=O)O)OC[C@H](CCC(=O)O)O2. The van der Waals surface area contributed by atoms with E-state index in [1.165, 1.54) is 0 Å². The lowest BCUT2D eigenvalue weighted by molar-refractivity contribution is -0.137. The number of carbonyl (C=O) groups excluding carboxylic acids is 1. The highest BCUT2D eigenvalue weighted by molar-refractivity contribution is 5.94. The number of benzene rings is 2. The van der Waals surface area contributed by atoms with E-state index in [1.54, 1.807) is 12.1 Å². The van der Waals surface area contributed by atoms with Crippen LogP contribution in [0.3, 0.4) is 0 Å². The Kier molecular flexibility index (Phi) is 7.55. The van der Waals surface area contributed by atoms with Crippen molar-refractivity contribution in [2.24, 2.45) is 5.73 Å². The molecular formula is C26H30N2O7. The predicted molar refractivity (Wildman–Crippen MR) is 127 cm³/mol. The summed E-state index contributed by atoms with van der Waals surface area (Å²) in [5.41, 5.74) is 8.40. The van der Waals surface area contributed by atoms with Crippen molar-refractivity contribution in [1.29, 1.82) is 0 Å². The lowest BCUT2D eigenvalue weighted by Crippen LogP contribution is -2.38. The van der Waals surface area contributed by atoms with Gasteiger partial charge in [0.1, 0.15) is 18.3 Å². The molecule has 4 rings (SSSR count). The Balaban J connectivity index is 1.60. The average molecular weight is 483 g/mol. The number of carboxylic acid groups (broad SMARTS) is 2. The van der Waals surface area contributed by atoms with E-state index < -0.39 is 18.0 Å². The number of fused-ring (bicyclic) bond motifs is 2. The summed E-state index contributed by atoms with van der Waals surface area (Å²) in [7, 11) is 0. The van der Waals surface area contributed by atoms with Gasteiger partial charge in [-0.15, -0.1) is 0 Å². The molecule has 1 heterocycles. The summed E-state index contributed by atoms with van der Waals surface area (Å²) in [6.45, 7) is 0.522. The summed E-state index contributed by atoms with van der Waals surface area (Å²) in [4.78, 5) is 35.6. The zero-order valence-electron chi connectivity index (χ0n) is 19.4. The van der Waals surface area contributed by atoms with Crippen LogP contribution in [-0.2, 0) is 22.4 Å². The second-order valence-corrected chi connectivity index (χ2v) is 9.00. The maximum atomic E-state index is 12.5. The first kappa shape index (κ1) is 24.5. The van der Waals surface area contributed by atoms with E-state index in [0.717, 1.165) is 11.1 Å². The van der Waals surface area contributed by atoms with E-state index in [1.807, 2.05) is 24.3 Å². The Hall–Kier alpha value is -3.59. The van der Waals surface area contributed by atoms with Crippen LogP contribution in [-0.4, -0.2) is 53.4 Å². The van der Waals surface area contributed by atoms with Gasteiger partial charge in [-0.05, 0) is 55.0 Å². The van der Waals surface area contributed by atoms with Crippen LogP contribution in [0, 0.1) is 0 Å². The number of hydrogen-bond acceptors (Lipinski definition) is 6. The average Bonchev–Trinajstić information content (AvgIpc) is 3.17. The van der Waals surface area contributed by atoms with Gasteiger partial charge in [-0.1, -0.05) is 30.3 Å². The minimum absolute atomic E-state index is 0.0387. The smallest absolute Gasteiger partial charge is 0.339 e. The molecular weight excluding hydrogens is 452 g/mol. The summed E-state index contributed by atoms with van der Waals surface area (Å²) >= 11 is 0. The highest BCUT2D eigenvalue weighted by Gasteiger charge is 2.36. The van der Waals surface area contributed by atoms with Crippen LogP contribution in [0.4, 0.5) is 0 Å². The molecule has 2 aromatic carbocycles. The second kappa shape index (κ2) is 10.8. The van der Waals surface area contributed by atoms with Crippen LogP contribution >= 0.6 is 0 Å². The third kappa shape index (κ3) is 5.57. The summed E-state index contributed by atoms with van der Waals surface area (Å²) in [6, 6.07) is 11.2. The van der Waals surface area contributed by atoms with Crippen molar-refractivity contribution < 1.29 is 34.1 Å². The molecule has 0 bridgehead atoms. The van der Waals surface area contributed by atoms with Gasteiger partial charge in [-0.3, -0.25) is 9.59 Å². The van der Waals surface area contributed by atoms with E-state index in [0.29, 0.717) is 43.5 Å². The quantitative estimate of drug-likeness (QED) is 0.404. The van der Waals surface area contributed by atoms with Crippen molar-refractivity contribution in [1.82, 2.24) is 5.32 Å². The number of nitrogens with two attached hydrogens (primary N) is 1. The fraction of sp³-hybridized carbons (Fsp3) is 0.423. The molecule has 0 saturated heterocycles. The lowest BCUT2D eigenvalue weighted by atomic mass is 9.88. The molecule has 9 nitrogen and oxygen atoms in total. The molecule has 1 aliphatic heterocycles. The molecule has 1 amide bonds. The van der Waals surface area contributed by atoms with Crippen molar-refractivity contribution in [3.63, 3.8) is 0 Å². The molecule has 0 radical (unpaired) electrons. The Morgan fingerprint density at radius 2 is 1.89 bits per heavy atom. The normalized spacial score (nSPS) is 20.2. The van der Waals surface area contributed by atoms with Crippen LogP contribution in [0.15, 0.2) is 36.4 Å². The fourth-order valence-electron chi connectivity index (χ4n) is 4.92. The molecule has 5 N–H and O–H groups in total. The van der Waals surface area contributed by atoms with E-state index in [9.17, 15) is 19.5 Å². The number of rotatable bonds is 10. The summed E-state index contributed by atoms with van der Waals surface area (Å²) < 4.78 is 11.6. The van der Waals surface area contributed by atoms with Crippen LogP contribution in [0.1, 0.15) is 58.6 Å². The van der Waals surface area contributed by atoms with Crippen LogP contribution in [0.5, 0.6) is 11.5 Å². The maximum Gasteiger partial charge on any atom is 0.339 e. The third-order valence-electron chi connectivity index (χ3n) is 6.58. The van der Waals surface area contributed by atoms with Crippen LogP contribution in [0.2, 0.25) is 0 Å². The van der Waals surface area contributed by atoms with Gasteiger partial charge in [0.2, 0.25) is 5.91 Å². The zero-order chi connectivity index (χ0) is 24.9. The molecule has 35 heavy (non-hydrogen) atoms. The number of carboxylic acids is 2. The zero-order valence-corrected chi connectivity index (χ0v) is 19.4. The molecule has 0 aromatic heterocycles. The molecule has 3 atom stereocenters. The fourth-order valence-corrected chi connectivity index (χ4v) is 4.92. The first-order valence-electron chi connectivity index (χ1n) is 11.8. The first-order valence-corrected chi connectivity index (χ1v) is 11.8. The molecule has 186 valence electrons. The van der Waals surface area contributed by atoms with E-state index >= 15 is 0 Å². The number of aliphatic carboxylic acids is 1. The monoisotopic (exact) mass is 482 g/mol. The predicted octanol–water partition coefficient (Wildman–Crippen LogP) is 2.50. The summed E-state index contributed by atoms with van der Waals surface area (Å²) in [5.74, 6) is -1.76. The van der Waals surface area contributed by atoms with Gasteiger partial charge in [0, 0.05) is 24.8 Å². The van der Waals surface area contributed by atoms with Crippen LogP contribution < -0.4 is 20.5 Å². The van der Waals surface area contributed by atoms with Gasteiger partial charge in [-0.25, -0.2) is 4.79 Å². The number of aromatic carboxylic acids is 1. The van der Waals surface area contributed by atoms with Crippen molar-refractivity contribution in [2.45, 2.75) is 56.6 Å². The van der Waals surface area contributed by atoms with Gasteiger partial charge in [-0.2, -0.15) is 0 Å². The van der Waals surface area contributed by atoms with E-state index in [2.05, 4.69) is 5.32 Å². The van der Waals surface area contributed by atoms with Gasteiger partial charge >= 0.3 is 11.9 Å². The minimum Gasteiger partial charge on any atom is -0.485 e.